The van der Waals surface area contributed by atoms with Gasteiger partial charge in [-0.3, -0.25) is 29.2 Å². The van der Waals surface area contributed by atoms with Gasteiger partial charge in [-0.25, -0.2) is 4.79 Å². The fraction of sp³-hybridized carbons (Fsp3) is 0.632. The van der Waals surface area contributed by atoms with Crippen molar-refractivity contribution in [1.29, 1.82) is 0 Å². The van der Waals surface area contributed by atoms with E-state index < -0.39 is 60.2 Å². The molecule has 17 heteroatoms. The van der Waals surface area contributed by atoms with Crippen LogP contribution >= 0.6 is 0 Å². The molecule has 0 aromatic carbocycles. The number of aliphatic carboxylic acids is 2. The lowest BCUT2D eigenvalue weighted by atomic mass is 10.1. The highest BCUT2D eigenvalue weighted by molar-refractivity contribution is 5.94. The number of guanidine groups is 2. The molecule has 3 amide bonds. The first-order valence-corrected chi connectivity index (χ1v) is 11.0. The number of amides is 3. The van der Waals surface area contributed by atoms with Gasteiger partial charge < -0.3 is 54.8 Å². The minimum Gasteiger partial charge on any atom is -0.481 e. The first kappa shape index (κ1) is 31.8. The van der Waals surface area contributed by atoms with E-state index in [0.717, 1.165) is 0 Å². The van der Waals surface area contributed by atoms with Crippen molar-refractivity contribution in [1.82, 2.24) is 16.0 Å². The van der Waals surface area contributed by atoms with Gasteiger partial charge in [-0.2, -0.15) is 0 Å². The summed E-state index contributed by atoms with van der Waals surface area (Å²) < 4.78 is 0. The molecule has 4 atom stereocenters. The summed E-state index contributed by atoms with van der Waals surface area (Å²) in [4.78, 5) is 67.7. The number of nitrogens with one attached hydrogen (secondary N) is 3. The third kappa shape index (κ3) is 14.2. The highest BCUT2D eigenvalue weighted by atomic mass is 16.4. The molecule has 17 nitrogen and oxygen atoms in total. The number of aliphatic imine (C=N–C) groups is 2. The molecular formula is C19H36N10O7. The third-order valence-corrected chi connectivity index (χ3v) is 4.56. The van der Waals surface area contributed by atoms with E-state index in [0.29, 0.717) is 0 Å². The van der Waals surface area contributed by atoms with Gasteiger partial charge in [0.25, 0.3) is 0 Å². The lowest BCUT2D eigenvalue weighted by Gasteiger charge is -2.24. The molecule has 36 heavy (non-hydrogen) atoms. The van der Waals surface area contributed by atoms with E-state index in [9.17, 15) is 29.1 Å². The fourth-order valence-corrected chi connectivity index (χ4v) is 2.77. The van der Waals surface area contributed by atoms with E-state index >= 15 is 0 Å². The molecule has 204 valence electrons. The molecule has 15 N–H and O–H groups in total. The first-order chi connectivity index (χ1) is 16.7. The number of nitrogens with zero attached hydrogens (tertiary/aromatic N) is 2. The van der Waals surface area contributed by atoms with E-state index in [1.807, 2.05) is 0 Å². The highest BCUT2D eigenvalue weighted by Gasteiger charge is 2.30. The van der Waals surface area contributed by atoms with Gasteiger partial charge >= 0.3 is 11.9 Å². The molecule has 0 aliphatic rings. The van der Waals surface area contributed by atoms with E-state index in [-0.39, 0.29) is 50.7 Å². The van der Waals surface area contributed by atoms with Crippen molar-refractivity contribution < 1.29 is 34.2 Å². The number of carboxylic acids is 2. The molecule has 0 aliphatic carbocycles. The zero-order valence-electron chi connectivity index (χ0n) is 20.0. The monoisotopic (exact) mass is 516 g/mol. The molecule has 0 aliphatic heterocycles. The average Bonchev–Trinajstić information content (AvgIpc) is 2.76. The normalized spacial score (nSPS) is 13.7. The first-order valence-electron chi connectivity index (χ1n) is 11.0. The van der Waals surface area contributed by atoms with Crippen LogP contribution in [0, 0.1) is 0 Å². The smallest absolute Gasteiger partial charge is 0.326 e. The van der Waals surface area contributed by atoms with Crippen LogP contribution in [0.3, 0.4) is 0 Å². The van der Waals surface area contributed by atoms with Gasteiger partial charge in [0.05, 0.1) is 12.5 Å². The van der Waals surface area contributed by atoms with Crippen LogP contribution in [0.25, 0.3) is 0 Å². The second kappa shape index (κ2) is 16.5. The fourth-order valence-electron chi connectivity index (χ4n) is 2.77. The Morgan fingerprint density at radius 1 is 0.722 bits per heavy atom. The Morgan fingerprint density at radius 3 is 1.44 bits per heavy atom. The van der Waals surface area contributed by atoms with Crippen molar-refractivity contribution in [3.05, 3.63) is 0 Å². The SMILES string of the molecule is CC(N)C(=O)NC(CCCN=C(N)N)C(=O)NC(CCCN=C(N)N)C(=O)NC(CC(=O)O)C(=O)O. The molecule has 0 aromatic rings. The zero-order chi connectivity index (χ0) is 27.8. The molecule has 0 fully saturated rings. The van der Waals surface area contributed by atoms with Gasteiger partial charge in [0.1, 0.15) is 18.1 Å². The van der Waals surface area contributed by atoms with Crippen LogP contribution < -0.4 is 44.6 Å². The van der Waals surface area contributed by atoms with Crippen molar-refractivity contribution in [3.8, 4) is 0 Å². The van der Waals surface area contributed by atoms with Gasteiger partial charge in [0, 0.05) is 13.1 Å². The summed E-state index contributed by atoms with van der Waals surface area (Å²) in [5, 5.41) is 25.1. The summed E-state index contributed by atoms with van der Waals surface area (Å²) in [5.41, 5.74) is 26.6. The van der Waals surface area contributed by atoms with Crippen LogP contribution in [0.15, 0.2) is 9.98 Å². The maximum atomic E-state index is 13.0. The highest BCUT2D eigenvalue weighted by Crippen LogP contribution is 2.05. The number of rotatable bonds is 17. The minimum absolute atomic E-state index is 0.0320. The predicted octanol–water partition coefficient (Wildman–Crippen LogP) is -4.55. The van der Waals surface area contributed by atoms with Crippen LogP contribution in [0.2, 0.25) is 0 Å². The molecule has 0 spiro atoms. The Morgan fingerprint density at radius 2 is 1.11 bits per heavy atom. The van der Waals surface area contributed by atoms with Crippen LogP contribution in [0.4, 0.5) is 0 Å². The lowest BCUT2D eigenvalue weighted by Crippen LogP contribution is -2.57. The molecule has 0 saturated heterocycles. The summed E-state index contributed by atoms with van der Waals surface area (Å²) in [6, 6.07) is -5.08. The summed E-state index contributed by atoms with van der Waals surface area (Å²) >= 11 is 0. The Bertz CT molecular complexity index is 838. The molecular weight excluding hydrogens is 480 g/mol. The predicted molar refractivity (Wildman–Crippen MR) is 129 cm³/mol. The van der Waals surface area contributed by atoms with E-state index in [2.05, 4.69) is 25.9 Å². The van der Waals surface area contributed by atoms with Crippen molar-refractivity contribution in [2.75, 3.05) is 13.1 Å². The van der Waals surface area contributed by atoms with Crippen LogP contribution in [0.1, 0.15) is 39.0 Å². The van der Waals surface area contributed by atoms with Crippen molar-refractivity contribution in [3.63, 3.8) is 0 Å². The quantitative estimate of drug-likeness (QED) is 0.0496. The van der Waals surface area contributed by atoms with Gasteiger partial charge in [0.15, 0.2) is 11.9 Å². The Balaban J connectivity index is 5.63. The van der Waals surface area contributed by atoms with Gasteiger partial charge in [0.2, 0.25) is 17.7 Å². The van der Waals surface area contributed by atoms with E-state index in [1.54, 1.807) is 0 Å². The van der Waals surface area contributed by atoms with Crippen LogP contribution in [-0.4, -0.2) is 89.0 Å². The summed E-state index contributed by atoms with van der Waals surface area (Å²) in [5.74, 6) is -5.69. The third-order valence-electron chi connectivity index (χ3n) is 4.56. The van der Waals surface area contributed by atoms with Crippen LogP contribution in [0.5, 0.6) is 0 Å². The summed E-state index contributed by atoms with van der Waals surface area (Å²) in [6.45, 7) is 1.68. The molecule has 0 radical (unpaired) electrons. The Kier molecular flexibility index (Phi) is 14.6. The minimum atomic E-state index is -1.74. The van der Waals surface area contributed by atoms with Crippen LogP contribution in [-0.2, 0) is 24.0 Å². The Labute approximate surface area is 207 Å². The van der Waals surface area contributed by atoms with Gasteiger partial charge in [-0.1, -0.05) is 0 Å². The number of nitrogens with two attached hydrogens (primary N) is 5. The average molecular weight is 517 g/mol. The second-order valence-electron chi connectivity index (χ2n) is 7.81. The van der Waals surface area contributed by atoms with Crippen molar-refractivity contribution >= 4 is 41.6 Å². The number of hydrogen-bond donors (Lipinski definition) is 10. The molecule has 0 aromatic heterocycles. The topological polar surface area (TPSA) is 317 Å². The molecule has 0 saturated carbocycles. The number of carbonyl (C=O) groups excluding carboxylic acids is 3. The standard InChI is InChI=1S/C19H36N10O7/c1-9(20)14(32)27-10(4-2-6-25-18(21)22)15(33)28-11(5-3-7-26-19(23)24)16(34)29-12(17(35)36)8-13(30)31/h9-12H,2-8,20H2,1H3,(H,27,32)(H,28,33)(H,29,34)(H,30,31)(H,35,36)(H4,21,22,25)(H4,23,24,26). The zero-order valence-corrected chi connectivity index (χ0v) is 20.0. The molecule has 0 heterocycles. The maximum absolute atomic E-state index is 13.0. The maximum Gasteiger partial charge on any atom is 0.326 e. The lowest BCUT2D eigenvalue weighted by molar-refractivity contribution is -0.147. The molecule has 4 unspecified atom stereocenters. The van der Waals surface area contributed by atoms with E-state index in [4.69, 9.17) is 33.8 Å². The summed E-state index contributed by atoms with van der Waals surface area (Å²) in [6.07, 6.45) is -0.339. The Hall–Kier alpha value is -4.15. The van der Waals surface area contributed by atoms with Gasteiger partial charge in [-0.05, 0) is 32.6 Å². The second-order valence-corrected chi connectivity index (χ2v) is 7.81. The van der Waals surface area contributed by atoms with Crippen molar-refractivity contribution in [2.45, 2.75) is 63.2 Å². The van der Waals surface area contributed by atoms with Gasteiger partial charge in [-0.15, -0.1) is 0 Å². The summed E-state index contributed by atoms with van der Waals surface area (Å²) in [7, 11) is 0. The molecule has 0 bridgehead atoms. The number of carbonyl (C=O) groups is 5. The van der Waals surface area contributed by atoms with E-state index in [1.165, 1.54) is 6.92 Å². The molecule has 0 rings (SSSR count). The number of carboxylic acid groups (broad SMARTS) is 2. The number of hydrogen-bond acceptors (Lipinski definition) is 8. The largest absolute Gasteiger partial charge is 0.481 e. The van der Waals surface area contributed by atoms with Crippen molar-refractivity contribution in [2.24, 2.45) is 38.7 Å².